The largest absolute Gasteiger partial charge is 0.488 e. The Labute approximate surface area is 165 Å². The fourth-order valence-corrected chi connectivity index (χ4v) is 4.51. The molecule has 0 atom stereocenters. The number of hydrogen-bond donors (Lipinski definition) is 2. The van der Waals surface area contributed by atoms with Gasteiger partial charge in [0.05, 0.1) is 11.3 Å². The van der Waals surface area contributed by atoms with Crippen molar-refractivity contribution in [1.29, 1.82) is 0 Å². The predicted molar refractivity (Wildman–Crippen MR) is 109 cm³/mol. The first-order valence-corrected chi connectivity index (χ1v) is 10.8. The van der Waals surface area contributed by atoms with E-state index >= 15 is 0 Å². The maximum Gasteiger partial charge on any atom is 0.250 e. The van der Waals surface area contributed by atoms with Crippen LogP contribution in [0.3, 0.4) is 0 Å². The summed E-state index contributed by atoms with van der Waals surface area (Å²) in [5.74, 6) is 0.399. The molecule has 0 saturated heterocycles. The molecule has 0 aliphatic carbocycles. The van der Waals surface area contributed by atoms with Gasteiger partial charge in [-0.25, -0.2) is 13.1 Å². The Bertz CT molecular complexity index is 997. The molecule has 28 heavy (non-hydrogen) atoms. The topological polar surface area (TPSA) is 84.5 Å². The highest BCUT2D eigenvalue weighted by Gasteiger charge is 2.18. The quantitative estimate of drug-likeness (QED) is 0.748. The van der Waals surface area contributed by atoms with Crippen LogP contribution in [0.25, 0.3) is 6.08 Å². The molecule has 0 unspecified atom stereocenters. The molecule has 1 heterocycles. The number of benzene rings is 2. The number of sulfonamides is 1. The van der Waals surface area contributed by atoms with Gasteiger partial charge >= 0.3 is 0 Å². The van der Waals surface area contributed by atoms with Gasteiger partial charge in [0.1, 0.15) is 12.4 Å². The number of carbonyl (C=O) groups is 1. The minimum absolute atomic E-state index is 0.129. The van der Waals surface area contributed by atoms with Gasteiger partial charge < -0.3 is 10.1 Å². The fourth-order valence-electron chi connectivity index (χ4n) is 3.01. The SMILES string of the molecule is CC(C)NS(=O)(=O)Cc1ccccc1CNC(=O)C1=Cc2ccccc2OC1. The van der Waals surface area contributed by atoms with Crippen LogP contribution < -0.4 is 14.8 Å². The number of fused-ring (bicyclic) bond motifs is 1. The van der Waals surface area contributed by atoms with Crippen LogP contribution in [0.5, 0.6) is 5.75 Å². The number of amides is 1. The standard InChI is InChI=1S/C21H24N2O4S/c1-15(2)23-28(25,26)14-18-9-4-3-8-17(18)12-22-21(24)19-11-16-7-5-6-10-20(16)27-13-19/h3-11,15,23H,12-14H2,1-2H3,(H,22,24). The molecule has 148 valence electrons. The van der Waals surface area contributed by atoms with E-state index in [2.05, 4.69) is 10.0 Å². The highest BCUT2D eigenvalue weighted by molar-refractivity contribution is 7.88. The molecule has 2 N–H and O–H groups in total. The molecule has 0 bridgehead atoms. The molecule has 7 heteroatoms. The summed E-state index contributed by atoms with van der Waals surface area (Å²) in [4.78, 5) is 12.5. The Morgan fingerprint density at radius 3 is 2.50 bits per heavy atom. The van der Waals surface area contributed by atoms with Crippen LogP contribution in [0.2, 0.25) is 0 Å². The van der Waals surface area contributed by atoms with Crippen LogP contribution in [0.1, 0.15) is 30.5 Å². The summed E-state index contributed by atoms with van der Waals surface area (Å²) in [5, 5.41) is 2.86. The molecule has 0 aromatic heterocycles. The Balaban J connectivity index is 1.69. The summed E-state index contributed by atoms with van der Waals surface area (Å²) in [6.07, 6.45) is 1.82. The van der Waals surface area contributed by atoms with Gasteiger partial charge in [-0.05, 0) is 37.1 Å². The Morgan fingerprint density at radius 1 is 1.07 bits per heavy atom. The maximum atomic E-state index is 12.5. The zero-order valence-electron chi connectivity index (χ0n) is 15.9. The molecule has 0 fully saturated rings. The number of ether oxygens (including phenoxy) is 1. The summed E-state index contributed by atoms with van der Waals surface area (Å²) in [6.45, 7) is 4.01. The second-order valence-corrected chi connectivity index (χ2v) is 8.73. The van der Waals surface area contributed by atoms with E-state index in [0.29, 0.717) is 11.1 Å². The molecule has 0 spiro atoms. The summed E-state index contributed by atoms with van der Waals surface area (Å²) < 4.78 is 32.7. The lowest BCUT2D eigenvalue weighted by molar-refractivity contribution is -0.117. The first-order chi connectivity index (χ1) is 13.3. The van der Waals surface area contributed by atoms with Gasteiger partial charge in [0.25, 0.3) is 5.91 Å². The molecular formula is C21H24N2O4S. The molecule has 2 aromatic rings. The molecule has 1 aliphatic heterocycles. The fraction of sp³-hybridized carbons (Fsp3) is 0.286. The van der Waals surface area contributed by atoms with Crippen LogP contribution in [0, 0.1) is 0 Å². The van der Waals surface area contributed by atoms with Crippen molar-refractivity contribution in [2.75, 3.05) is 6.61 Å². The van der Waals surface area contributed by atoms with Crippen molar-refractivity contribution in [2.24, 2.45) is 0 Å². The number of carbonyl (C=O) groups excluding carboxylic acids is 1. The molecule has 1 amide bonds. The number of hydrogen-bond acceptors (Lipinski definition) is 4. The van der Waals surface area contributed by atoms with Crippen LogP contribution in [0.15, 0.2) is 54.1 Å². The first-order valence-electron chi connectivity index (χ1n) is 9.11. The number of nitrogens with one attached hydrogen (secondary N) is 2. The van der Waals surface area contributed by atoms with E-state index in [1.807, 2.05) is 42.5 Å². The van der Waals surface area contributed by atoms with E-state index in [0.717, 1.165) is 16.9 Å². The smallest absolute Gasteiger partial charge is 0.250 e. The van der Waals surface area contributed by atoms with Gasteiger partial charge in [0.2, 0.25) is 10.0 Å². The van der Waals surface area contributed by atoms with E-state index in [1.54, 1.807) is 26.0 Å². The number of rotatable bonds is 7. The molecule has 1 aliphatic rings. The Hall–Kier alpha value is -2.64. The van der Waals surface area contributed by atoms with Gasteiger partial charge in [-0.3, -0.25) is 4.79 Å². The van der Waals surface area contributed by atoms with Crippen LogP contribution in [-0.2, 0) is 27.1 Å². The zero-order chi connectivity index (χ0) is 20.1. The first kappa shape index (κ1) is 20.1. The van der Waals surface area contributed by atoms with Gasteiger partial charge in [-0.2, -0.15) is 0 Å². The normalized spacial score (nSPS) is 13.5. The van der Waals surface area contributed by atoms with Crippen molar-refractivity contribution in [3.8, 4) is 5.75 Å². The van der Waals surface area contributed by atoms with E-state index in [9.17, 15) is 13.2 Å². The predicted octanol–water partition coefficient (Wildman–Crippen LogP) is 2.61. The number of para-hydroxylation sites is 1. The van der Waals surface area contributed by atoms with Crippen molar-refractivity contribution in [2.45, 2.75) is 32.2 Å². The minimum atomic E-state index is -3.44. The third-order valence-electron chi connectivity index (χ3n) is 4.24. The lowest BCUT2D eigenvalue weighted by Crippen LogP contribution is -2.32. The summed E-state index contributed by atoms with van der Waals surface area (Å²) >= 11 is 0. The van der Waals surface area contributed by atoms with Crippen molar-refractivity contribution in [1.82, 2.24) is 10.0 Å². The van der Waals surface area contributed by atoms with Crippen molar-refractivity contribution < 1.29 is 17.9 Å². The molecule has 6 nitrogen and oxygen atoms in total. The van der Waals surface area contributed by atoms with Crippen molar-refractivity contribution >= 4 is 22.0 Å². The lowest BCUT2D eigenvalue weighted by Gasteiger charge is -2.18. The van der Waals surface area contributed by atoms with Gasteiger partial charge in [-0.15, -0.1) is 0 Å². The van der Waals surface area contributed by atoms with E-state index < -0.39 is 10.0 Å². The van der Waals surface area contributed by atoms with E-state index in [1.165, 1.54) is 0 Å². The maximum absolute atomic E-state index is 12.5. The third-order valence-corrected chi connectivity index (χ3v) is 5.76. The summed E-state index contributed by atoms with van der Waals surface area (Å²) in [7, 11) is -3.44. The second kappa shape index (κ2) is 8.58. The molecule has 0 radical (unpaired) electrons. The molecule has 2 aromatic carbocycles. The monoisotopic (exact) mass is 400 g/mol. The Kier molecular flexibility index (Phi) is 6.16. The van der Waals surface area contributed by atoms with Gasteiger partial charge in [0, 0.05) is 18.2 Å². The third kappa shape index (κ3) is 5.21. The molecular weight excluding hydrogens is 376 g/mol. The van der Waals surface area contributed by atoms with E-state index in [4.69, 9.17) is 4.74 Å². The Morgan fingerprint density at radius 2 is 1.75 bits per heavy atom. The van der Waals surface area contributed by atoms with Crippen molar-refractivity contribution in [3.05, 3.63) is 70.8 Å². The zero-order valence-corrected chi connectivity index (χ0v) is 16.8. The molecule has 0 saturated carbocycles. The van der Waals surface area contributed by atoms with E-state index in [-0.39, 0.29) is 30.9 Å². The average Bonchev–Trinajstić information content (AvgIpc) is 2.65. The van der Waals surface area contributed by atoms with Crippen LogP contribution in [-0.4, -0.2) is 27.0 Å². The lowest BCUT2D eigenvalue weighted by atomic mass is 10.1. The van der Waals surface area contributed by atoms with Crippen LogP contribution >= 0.6 is 0 Å². The highest BCUT2D eigenvalue weighted by Crippen LogP contribution is 2.25. The van der Waals surface area contributed by atoms with Crippen molar-refractivity contribution in [3.63, 3.8) is 0 Å². The minimum Gasteiger partial charge on any atom is -0.488 e. The van der Waals surface area contributed by atoms with Gasteiger partial charge in [-0.1, -0.05) is 42.5 Å². The average molecular weight is 401 g/mol. The summed E-state index contributed by atoms with van der Waals surface area (Å²) in [5.41, 5.74) is 2.83. The summed E-state index contributed by atoms with van der Waals surface area (Å²) in [6, 6.07) is 14.6. The second-order valence-electron chi connectivity index (χ2n) is 6.98. The highest BCUT2D eigenvalue weighted by atomic mass is 32.2. The molecule has 3 rings (SSSR count). The van der Waals surface area contributed by atoms with Crippen LogP contribution in [0.4, 0.5) is 0 Å². The van der Waals surface area contributed by atoms with Gasteiger partial charge in [0.15, 0.2) is 0 Å².